The van der Waals surface area contributed by atoms with Gasteiger partial charge < -0.3 is 10.2 Å². The third kappa shape index (κ3) is 3.83. The zero-order valence-electron chi connectivity index (χ0n) is 15.8. The normalized spacial score (nSPS) is 24.5. The molecule has 4 nitrogen and oxygen atoms in total. The Bertz CT molecular complexity index is 670. The third-order valence-electron chi connectivity index (χ3n) is 6.44. The van der Waals surface area contributed by atoms with Crippen LogP contribution in [0.2, 0.25) is 0 Å². The van der Waals surface area contributed by atoms with Crippen molar-refractivity contribution in [2.45, 2.75) is 70.8 Å². The molecule has 0 bridgehead atoms. The van der Waals surface area contributed by atoms with Crippen LogP contribution in [-0.4, -0.2) is 35.8 Å². The van der Waals surface area contributed by atoms with Gasteiger partial charge in [0, 0.05) is 29.9 Å². The highest BCUT2D eigenvalue weighted by Crippen LogP contribution is 2.34. The van der Waals surface area contributed by atoms with Crippen LogP contribution in [0.4, 0.5) is 0 Å². The number of rotatable bonds is 3. The van der Waals surface area contributed by atoms with E-state index in [1.54, 1.807) is 11.3 Å². The van der Waals surface area contributed by atoms with Gasteiger partial charge in [0.1, 0.15) is 0 Å². The highest BCUT2D eigenvalue weighted by Gasteiger charge is 2.30. The average Bonchev–Trinajstić information content (AvgIpc) is 3.30. The third-order valence-corrected chi connectivity index (χ3v) is 7.66. The summed E-state index contributed by atoms with van der Waals surface area (Å²) in [5.74, 6) is 1.24. The molecular weight excluding hydrogens is 344 g/mol. The number of hydrogen-bond donors (Lipinski definition) is 1. The number of carbonyl (C=O) groups excluding carboxylic acids is 2. The monoisotopic (exact) mass is 374 g/mol. The van der Waals surface area contributed by atoms with Crippen molar-refractivity contribution in [2.75, 3.05) is 13.1 Å². The number of likely N-dealkylation sites (tertiary alicyclic amines) is 1. The summed E-state index contributed by atoms with van der Waals surface area (Å²) >= 11 is 1.66. The van der Waals surface area contributed by atoms with Crippen LogP contribution < -0.4 is 5.32 Å². The van der Waals surface area contributed by atoms with E-state index in [4.69, 9.17) is 0 Å². The first-order valence-corrected chi connectivity index (χ1v) is 11.1. The number of thiophene rings is 1. The molecule has 3 aliphatic rings. The number of nitrogens with one attached hydrogen (secondary N) is 1. The van der Waals surface area contributed by atoms with Crippen LogP contribution in [0.5, 0.6) is 0 Å². The Morgan fingerprint density at radius 3 is 2.58 bits per heavy atom. The number of aryl methyl sites for hydroxylation is 1. The number of carbonyl (C=O) groups is 2. The molecule has 0 radical (unpaired) electrons. The van der Waals surface area contributed by atoms with Crippen LogP contribution in [0.15, 0.2) is 6.07 Å². The van der Waals surface area contributed by atoms with Gasteiger partial charge in [-0.3, -0.25) is 9.59 Å². The molecule has 2 amide bonds. The van der Waals surface area contributed by atoms with Crippen molar-refractivity contribution in [1.29, 1.82) is 0 Å². The minimum atomic E-state index is 0.0801. The van der Waals surface area contributed by atoms with E-state index in [1.165, 1.54) is 23.3 Å². The van der Waals surface area contributed by atoms with Gasteiger partial charge in [0.2, 0.25) is 5.91 Å². The fourth-order valence-corrected chi connectivity index (χ4v) is 5.79. The average molecular weight is 375 g/mol. The lowest BCUT2D eigenvalue weighted by Crippen LogP contribution is -2.39. The Morgan fingerprint density at radius 2 is 1.85 bits per heavy atom. The maximum absolute atomic E-state index is 12.8. The zero-order valence-corrected chi connectivity index (χ0v) is 16.6. The molecule has 1 saturated heterocycles. The number of fused-ring (bicyclic) bond motifs is 1. The highest BCUT2D eigenvalue weighted by molar-refractivity contribution is 7.14. The Balaban J connectivity index is 1.38. The number of nitrogens with zero attached hydrogens (tertiary/aromatic N) is 1. The molecule has 2 aliphatic carbocycles. The van der Waals surface area contributed by atoms with Crippen molar-refractivity contribution >= 4 is 23.2 Å². The lowest BCUT2D eigenvalue weighted by molar-refractivity contribution is -0.126. The smallest absolute Gasteiger partial charge is 0.263 e. The van der Waals surface area contributed by atoms with Gasteiger partial charge >= 0.3 is 0 Å². The molecule has 2 heterocycles. The second kappa shape index (κ2) is 7.71. The minimum Gasteiger partial charge on any atom is -0.353 e. The Hall–Kier alpha value is -1.36. The van der Waals surface area contributed by atoms with Gasteiger partial charge in [-0.1, -0.05) is 19.8 Å². The summed E-state index contributed by atoms with van der Waals surface area (Å²) in [6.45, 7) is 4.03. The summed E-state index contributed by atoms with van der Waals surface area (Å²) in [5.41, 5.74) is 1.24. The number of amides is 2. The molecule has 0 aromatic carbocycles. The fraction of sp³-hybridized carbons (Fsp3) is 0.714. The van der Waals surface area contributed by atoms with Gasteiger partial charge in [0.15, 0.2) is 0 Å². The van der Waals surface area contributed by atoms with E-state index in [9.17, 15) is 9.59 Å². The van der Waals surface area contributed by atoms with Crippen LogP contribution in [-0.2, 0) is 17.6 Å². The summed E-state index contributed by atoms with van der Waals surface area (Å²) in [4.78, 5) is 29.6. The van der Waals surface area contributed by atoms with Crippen LogP contribution in [0, 0.1) is 11.8 Å². The molecule has 4 rings (SSSR count). The van der Waals surface area contributed by atoms with E-state index in [0.717, 1.165) is 68.8 Å². The van der Waals surface area contributed by atoms with Crippen LogP contribution in [0.1, 0.15) is 72.0 Å². The predicted molar refractivity (Wildman–Crippen MR) is 105 cm³/mol. The largest absolute Gasteiger partial charge is 0.353 e. The van der Waals surface area contributed by atoms with E-state index in [1.807, 2.05) is 4.90 Å². The SMILES string of the molecule is CC1CCN(C(=O)c2cc3c(s2)CCC(C(=O)NC2CCCC2)C3)CC1. The van der Waals surface area contributed by atoms with Gasteiger partial charge in [0.05, 0.1) is 4.88 Å². The molecule has 2 fully saturated rings. The summed E-state index contributed by atoms with van der Waals surface area (Å²) < 4.78 is 0. The van der Waals surface area contributed by atoms with Crippen molar-refractivity contribution in [3.8, 4) is 0 Å². The van der Waals surface area contributed by atoms with E-state index < -0.39 is 0 Å². The summed E-state index contributed by atoms with van der Waals surface area (Å²) in [6.07, 6.45) is 9.63. The van der Waals surface area contributed by atoms with Gasteiger partial charge in [-0.05, 0) is 62.5 Å². The Morgan fingerprint density at radius 1 is 1.12 bits per heavy atom. The van der Waals surface area contributed by atoms with Crippen molar-refractivity contribution < 1.29 is 9.59 Å². The van der Waals surface area contributed by atoms with E-state index >= 15 is 0 Å². The lowest BCUT2D eigenvalue weighted by atomic mass is 9.87. The maximum Gasteiger partial charge on any atom is 0.263 e. The van der Waals surface area contributed by atoms with E-state index in [-0.39, 0.29) is 17.7 Å². The second-order valence-corrected chi connectivity index (χ2v) is 9.60. The van der Waals surface area contributed by atoms with Gasteiger partial charge in [-0.25, -0.2) is 0 Å². The molecule has 142 valence electrons. The lowest BCUT2D eigenvalue weighted by Gasteiger charge is -2.29. The fourth-order valence-electron chi connectivity index (χ4n) is 4.61. The summed E-state index contributed by atoms with van der Waals surface area (Å²) in [5, 5.41) is 3.25. The molecule has 1 aliphatic heterocycles. The highest BCUT2D eigenvalue weighted by atomic mass is 32.1. The molecule has 1 N–H and O–H groups in total. The molecule has 26 heavy (non-hydrogen) atoms. The second-order valence-electron chi connectivity index (χ2n) is 8.46. The molecule has 1 unspecified atom stereocenters. The van der Waals surface area contributed by atoms with Crippen LogP contribution in [0.25, 0.3) is 0 Å². The van der Waals surface area contributed by atoms with Crippen molar-refractivity contribution in [1.82, 2.24) is 10.2 Å². The molecular formula is C21H30N2O2S. The standard InChI is InChI=1S/C21H30N2O2S/c1-14-8-10-23(11-9-14)21(25)19-13-16-12-15(6-7-18(16)26-19)20(24)22-17-4-2-3-5-17/h13-15,17H,2-12H2,1H3,(H,22,24). The quantitative estimate of drug-likeness (QED) is 0.875. The maximum atomic E-state index is 12.8. The van der Waals surface area contributed by atoms with Crippen molar-refractivity contribution in [3.63, 3.8) is 0 Å². The van der Waals surface area contributed by atoms with Crippen LogP contribution in [0.3, 0.4) is 0 Å². The Kier molecular flexibility index (Phi) is 5.35. The van der Waals surface area contributed by atoms with E-state index in [0.29, 0.717) is 6.04 Å². The predicted octanol–water partition coefficient (Wildman–Crippen LogP) is 3.78. The number of hydrogen-bond acceptors (Lipinski definition) is 3. The first-order valence-electron chi connectivity index (χ1n) is 10.3. The molecule has 1 saturated carbocycles. The van der Waals surface area contributed by atoms with Gasteiger partial charge in [-0.15, -0.1) is 11.3 Å². The van der Waals surface area contributed by atoms with Crippen molar-refractivity contribution in [3.05, 3.63) is 21.4 Å². The molecule has 1 atom stereocenters. The molecule has 1 aromatic rings. The van der Waals surface area contributed by atoms with Crippen LogP contribution >= 0.6 is 11.3 Å². The molecule has 1 aromatic heterocycles. The summed E-state index contributed by atoms with van der Waals surface area (Å²) in [6, 6.07) is 2.47. The first kappa shape index (κ1) is 18.0. The molecule has 0 spiro atoms. The zero-order chi connectivity index (χ0) is 18.1. The van der Waals surface area contributed by atoms with Crippen molar-refractivity contribution in [2.24, 2.45) is 11.8 Å². The van der Waals surface area contributed by atoms with Gasteiger partial charge in [-0.2, -0.15) is 0 Å². The van der Waals surface area contributed by atoms with E-state index in [2.05, 4.69) is 18.3 Å². The number of piperidine rings is 1. The van der Waals surface area contributed by atoms with Gasteiger partial charge in [0.25, 0.3) is 5.91 Å². The first-order chi connectivity index (χ1) is 12.6. The Labute approximate surface area is 160 Å². The summed E-state index contributed by atoms with van der Waals surface area (Å²) in [7, 11) is 0. The topological polar surface area (TPSA) is 49.4 Å². The minimum absolute atomic E-state index is 0.0801. The molecule has 5 heteroatoms.